The summed E-state index contributed by atoms with van der Waals surface area (Å²) < 4.78 is 41.8. The summed E-state index contributed by atoms with van der Waals surface area (Å²) in [5, 5.41) is 8.63. The molecule has 4 aromatic rings. The number of nitrogen functional groups attached to an aromatic ring is 1. The number of anilines is 1. The summed E-state index contributed by atoms with van der Waals surface area (Å²) in [4.78, 5) is 15.2. The minimum Gasteiger partial charge on any atom is -0.383 e. The second-order valence-electron chi connectivity index (χ2n) is 7.91. The van der Waals surface area contributed by atoms with Gasteiger partial charge in [-0.1, -0.05) is 12.1 Å². The van der Waals surface area contributed by atoms with Crippen LogP contribution in [0.2, 0.25) is 0 Å². The molecule has 0 bridgehead atoms. The summed E-state index contributed by atoms with van der Waals surface area (Å²) in [5.74, 6) is -0.563. The third kappa shape index (κ3) is 3.52. The highest BCUT2D eigenvalue weighted by Gasteiger charge is 2.34. The van der Waals surface area contributed by atoms with Crippen molar-refractivity contribution in [2.24, 2.45) is 0 Å². The van der Waals surface area contributed by atoms with Crippen LogP contribution in [-0.2, 0) is 6.18 Å². The zero-order valence-electron chi connectivity index (χ0n) is 17.3. The largest absolute Gasteiger partial charge is 0.419 e. The molecule has 5 heterocycles. The van der Waals surface area contributed by atoms with Gasteiger partial charge in [0.05, 0.1) is 29.0 Å². The first-order valence-electron chi connectivity index (χ1n) is 10.4. The molecule has 166 valence electrons. The lowest BCUT2D eigenvalue weighted by atomic mass is 10.0. The van der Waals surface area contributed by atoms with Gasteiger partial charge < -0.3 is 10.6 Å². The maximum absolute atomic E-state index is 13.3. The molecule has 4 aromatic heterocycles. The van der Waals surface area contributed by atoms with Crippen molar-refractivity contribution in [2.75, 3.05) is 25.4 Å². The molecule has 0 spiro atoms. The van der Waals surface area contributed by atoms with Crippen LogP contribution in [0.3, 0.4) is 0 Å². The lowest BCUT2D eigenvalue weighted by Gasteiger charge is -2.31. The molecule has 2 N–H and O–H groups in total. The Kier molecular flexibility index (Phi) is 4.92. The van der Waals surface area contributed by atoms with Gasteiger partial charge in [0.15, 0.2) is 0 Å². The third-order valence-electron chi connectivity index (χ3n) is 6.01. The van der Waals surface area contributed by atoms with E-state index in [4.69, 9.17) is 5.73 Å². The van der Waals surface area contributed by atoms with Crippen molar-refractivity contribution in [3.8, 4) is 11.3 Å². The predicted molar refractivity (Wildman–Crippen MR) is 114 cm³/mol. The number of alkyl halides is 3. The van der Waals surface area contributed by atoms with E-state index in [0.29, 0.717) is 22.2 Å². The Balaban J connectivity index is 1.62. The number of pyridine rings is 3. The van der Waals surface area contributed by atoms with Gasteiger partial charge in [-0.3, -0.25) is 4.98 Å². The van der Waals surface area contributed by atoms with Gasteiger partial charge in [-0.25, -0.2) is 14.6 Å². The highest BCUT2D eigenvalue weighted by Crippen LogP contribution is 2.35. The normalized spacial score (nSPS) is 16.2. The quantitative estimate of drug-likeness (QED) is 0.517. The second-order valence-corrected chi connectivity index (χ2v) is 7.91. The second kappa shape index (κ2) is 7.66. The van der Waals surface area contributed by atoms with Gasteiger partial charge in [0, 0.05) is 24.8 Å². The molecule has 0 radical (unpaired) electrons. The minimum atomic E-state index is -4.60. The number of aromatic nitrogens is 6. The highest BCUT2D eigenvalue weighted by atomic mass is 19.4. The van der Waals surface area contributed by atoms with Gasteiger partial charge in [0.2, 0.25) is 0 Å². The van der Waals surface area contributed by atoms with Crippen LogP contribution in [0.25, 0.3) is 33.3 Å². The maximum Gasteiger partial charge on any atom is 0.419 e. The first kappa shape index (κ1) is 20.6. The van der Waals surface area contributed by atoms with E-state index in [2.05, 4.69) is 37.1 Å². The molecule has 0 amide bonds. The molecule has 0 unspecified atom stereocenters. The fourth-order valence-electron chi connectivity index (χ4n) is 4.22. The minimum absolute atomic E-state index is 0.175. The van der Waals surface area contributed by atoms with Crippen LogP contribution in [0, 0.1) is 0 Å². The summed E-state index contributed by atoms with van der Waals surface area (Å²) in [6.07, 6.45) is 0.215. The molecule has 1 aliphatic rings. The number of likely N-dealkylation sites (tertiary alicyclic amines) is 1. The highest BCUT2D eigenvalue weighted by molar-refractivity contribution is 5.99. The van der Waals surface area contributed by atoms with Crippen LogP contribution in [0.5, 0.6) is 0 Å². The molecule has 1 aliphatic heterocycles. The third-order valence-corrected chi connectivity index (χ3v) is 6.01. The van der Waals surface area contributed by atoms with Crippen LogP contribution >= 0.6 is 0 Å². The molecule has 8 nitrogen and oxygen atoms in total. The summed E-state index contributed by atoms with van der Waals surface area (Å²) >= 11 is 0. The number of piperidine rings is 1. The van der Waals surface area contributed by atoms with Crippen LogP contribution < -0.4 is 5.73 Å². The topological polar surface area (TPSA) is 98.6 Å². The van der Waals surface area contributed by atoms with Crippen molar-refractivity contribution < 1.29 is 13.2 Å². The Morgan fingerprint density at radius 2 is 1.88 bits per heavy atom. The first-order valence-corrected chi connectivity index (χ1v) is 10.4. The van der Waals surface area contributed by atoms with E-state index in [0.717, 1.165) is 44.1 Å². The maximum atomic E-state index is 13.3. The van der Waals surface area contributed by atoms with Crippen molar-refractivity contribution in [3.63, 3.8) is 0 Å². The number of hydrogen-bond donors (Lipinski definition) is 1. The molecule has 11 heteroatoms. The standard InChI is InChI=1S/C21H21F3N8/c1-2-31-7-5-13(6-8-31)32-19-17(29-30-32)11-26-16-4-3-15(28-18(16)19)12-9-14(21(22,23)24)20(25)27-10-12/h3-4,9-11,13H,2,5-8H2,1H3,(H2,25,27). The van der Waals surface area contributed by atoms with Crippen molar-refractivity contribution >= 4 is 27.9 Å². The van der Waals surface area contributed by atoms with Gasteiger partial charge in [-0.2, -0.15) is 13.2 Å². The van der Waals surface area contributed by atoms with E-state index in [9.17, 15) is 13.2 Å². The number of fused-ring (bicyclic) bond motifs is 3. The van der Waals surface area contributed by atoms with E-state index < -0.39 is 17.6 Å². The van der Waals surface area contributed by atoms with Gasteiger partial charge in [-0.15, -0.1) is 5.10 Å². The zero-order chi connectivity index (χ0) is 22.5. The summed E-state index contributed by atoms with van der Waals surface area (Å²) in [7, 11) is 0. The summed E-state index contributed by atoms with van der Waals surface area (Å²) in [5.41, 5.74) is 7.54. The first-order chi connectivity index (χ1) is 15.3. The molecule has 0 saturated carbocycles. The van der Waals surface area contributed by atoms with Crippen molar-refractivity contribution in [1.29, 1.82) is 0 Å². The lowest BCUT2D eigenvalue weighted by molar-refractivity contribution is -0.137. The molecule has 32 heavy (non-hydrogen) atoms. The number of hydrogen-bond acceptors (Lipinski definition) is 7. The van der Waals surface area contributed by atoms with E-state index >= 15 is 0 Å². The van der Waals surface area contributed by atoms with E-state index in [1.54, 1.807) is 18.3 Å². The van der Waals surface area contributed by atoms with Crippen LogP contribution in [0.1, 0.15) is 31.4 Å². The van der Waals surface area contributed by atoms with Crippen LogP contribution in [0.4, 0.5) is 19.0 Å². The molecule has 5 rings (SSSR count). The smallest absolute Gasteiger partial charge is 0.383 e. The van der Waals surface area contributed by atoms with Gasteiger partial charge in [0.25, 0.3) is 0 Å². The van der Waals surface area contributed by atoms with Crippen molar-refractivity contribution in [2.45, 2.75) is 32.0 Å². The fourth-order valence-corrected chi connectivity index (χ4v) is 4.22. The Morgan fingerprint density at radius 1 is 1.09 bits per heavy atom. The average molecular weight is 442 g/mol. The summed E-state index contributed by atoms with van der Waals surface area (Å²) in [6, 6.07) is 4.51. The molecular weight excluding hydrogens is 421 g/mol. The summed E-state index contributed by atoms with van der Waals surface area (Å²) in [6.45, 7) is 5.10. The SMILES string of the molecule is CCN1CCC(n2nnc3cnc4ccc(-c5cnc(N)c(C(F)(F)F)c5)nc4c32)CC1. The number of nitrogens with zero attached hydrogens (tertiary/aromatic N) is 7. The van der Waals surface area contributed by atoms with E-state index in [-0.39, 0.29) is 11.6 Å². The zero-order valence-corrected chi connectivity index (χ0v) is 17.3. The van der Waals surface area contributed by atoms with Gasteiger partial charge in [0.1, 0.15) is 22.4 Å². The van der Waals surface area contributed by atoms with Crippen molar-refractivity contribution in [3.05, 3.63) is 36.2 Å². The van der Waals surface area contributed by atoms with Gasteiger partial charge in [-0.05, 0) is 37.6 Å². The monoisotopic (exact) mass is 442 g/mol. The Morgan fingerprint density at radius 3 is 2.59 bits per heavy atom. The molecule has 0 atom stereocenters. The van der Waals surface area contributed by atoms with Crippen molar-refractivity contribution in [1.82, 2.24) is 34.8 Å². The number of rotatable bonds is 3. The fraction of sp³-hybridized carbons (Fsp3) is 0.381. The lowest BCUT2D eigenvalue weighted by Crippen LogP contribution is -2.34. The van der Waals surface area contributed by atoms with Crippen LogP contribution in [-0.4, -0.2) is 54.5 Å². The van der Waals surface area contributed by atoms with E-state index in [1.807, 2.05) is 4.68 Å². The molecule has 1 saturated heterocycles. The average Bonchev–Trinajstić information content (AvgIpc) is 3.23. The number of halogens is 3. The van der Waals surface area contributed by atoms with Gasteiger partial charge >= 0.3 is 6.18 Å². The van der Waals surface area contributed by atoms with Crippen LogP contribution in [0.15, 0.2) is 30.6 Å². The molecule has 0 aliphatic carbocycles. The van der Waals surface area contributed by atoms with E-state index in [1.165, 1.54) is 6.20 Å². The predicted octanol–water partition coefficient (Wildman–Crippen LogP) is 3.69. The Hall–Kier alpha value is -3.34. The Bertz CT molecular complexity index is 1290. The molecular formula is C21H21F3N8. The molecule has 1 fully saturated rings. The Labute approximate surface area is 181 Å². The molecule has 0 aromatic carbocycles. The number of nitrogens with two attached hydrogens (primary N) is 1.